The highest BCUT2D eigenvalue weighted by Gasteiger charge is 2.46. The largest absolute Gasteiger partial charge is 0.446 e. The van der Waals surface area contributed by atoms with Crippen molar-refractivity contribution in [2.45, 2.75) is 49.6 Å². The molecule has 0 N–H and O–H groups in total. The zero-order valence-corrected chi connectivity index (χ0v) is 14.4. The summed E-state index contributed by atoms with van der Waals surface area (Å²) in [5, 5.41) is 18.7. The summed E-state index contributed by atoms with van der Waals surface area (Å²) in [6, 6.07) is 7.31. The van der Waals surface area contributed by atoms with E-state index in [4.69, 9.17) is 4.42 Å². The van der Waals surface area contributed by atoms with E-state index in [0.29, 0.717) is 25.7 Å². The highest BCUT2D eigenvalue weighted by atomic mass is 16.4. The molecule has 0 unspecified atom stereocenters. The highest BCUT2D eigenvalue weighted by Crippen LogP contribution is 2.38. The Balaban J connectivity index is 1.76. The van der Waals surface area contributed by atoms with Crippen LogP contribution in [-0.4, -0.2) is 46.8 Å². The molecule has 1 aromatic heterocycles. The topological polar surface area (TPSA) is 101 Å². The Morgan fingerprint density at radius 2 is 1.28 bits per heavy atom. The van der Waals surface area contributed by atoms with E-state index >= 15 is 0 Å². The fourth-order valence-electron chi connectivity index (χ4n) is 3.35. The first-order valence-corrected chi connectivity index (χ1v) is 8.38. The number of amides is 2. The normalized spacial score (nSPS) is 19.5. The van der Waals surface area contributed by atoms with Crippen molar-refractivity contribution in [3.63, 3.8) is 0 Å². The van der Waals surface area contributed by atoms with Crippen molar-refractivity contribution in [2.75, 3.05) is 14.1 Å². The molecule has 2 aliphatic carbocycles. The van der Waals surface area contributed by atoms with Crippen LogP contribution in [0.1, 0.15) is 59.6 Å². The van der Waals surface area contributed by atoms with Gasteiger partial charge in [0.15, 0.2) is 11.5 Å². The predicted molar refractivity (Wildman–Crippen MR) is 87.3 cm³/mol. The summed E-state index contributed by atoms with van der Waals surface area (Å²) in [5.41, 5.74) is -1.55. The van der Waals surface area contributed by atoms with E-state index < -0.39 is 22.9 Å². The summed E-state index contributed by atoms with van der Waals surface area (Å²) >= 11 is 0. The van der Waals surface area contributed by atoms with Crippen molar-refractivity contribution in [1.29, 1.82) is 10.5 Å². The number of hydrogen-bond donors (Lipinski definition) is 0. The molecule has 0 atom stereocenters. The lowest BCUT2D eigenvalue weighted by atomic mass is 9.76. The van der Waals surface area contributed by atoms with Gasteiger partial charge in [-0.15, -0.1) is 0 Å². The number of carbonyl (C=O) groups excluding carboxylic acids is 2. The van der Waals surface area contributed by atoms with Crippen molar-refractivity contribution < 1.29 is 14.0 Å². The highest BCUT2D eigenvalue weighted by molar-refractivity contribution is 5.96. The summed E-state index contributed by atoms with van der Waals surface area (Å²) in [7, 11) is 3.17. The van der Waals surface area contributed by atoms with Gasteiger partial charge < -0.3 is 14.2 Å². The second-order valence-electron chi connectivity index (χ2n) is 6.89. The lowest BCUT2D eigenvalue weighted by molar-refractivity contribution is 0.0436. The Bertz CT molecular complexity index is 725. The fraction of sp³-hybridized carbons (Fsp3) is 0.556. The minimum atomic E-state index is -0.776. The summed E-state index contributed by atoms with van der Waals surface area (Å²) in [6.45, 7) is 0. The molecular weight excluding hydrogens is 320 g/mol. The zero-order valence-electron chi connectivity index (χ0n) is 14.4. The molecule has 2 fully saturated rings. The van der Waals surface area contributed by atoms with Gasteiger partial charge in [-0.05, 0) is 50.7 Å². The van der Waals surface area contributed by atoms with E-state index in [0.717, 1.165) is 12.8 Å². The fourth-order valence-corrected chi connectivity index (χ4v) is 3.35. The maximum atomic E-state index is 12.6. The van der Waals surface area contributed by atoms with Gasteiger partial charge in [-0.1, -0.05) is 0 Å². The molecule has 0 aromatic carbocycles. The molecule has 1 heterocycles. The molecule has 0 spiro atoms. The maximum Gasteiger partial charge on any atom is 0.290 e. The number of rotatable bonds is 4. The van der Waals surface area contributed by atoms with Crippen molar-refractivity contribution >= 4 is 11.8 Å². The van der Waals surface area contributed by atoms with Crippen LogP contribution in [0, 0.1) is 22.7 Å². The Labute approximate surface area is 146 Å². The SMILES string of the molecule is CN(C(=O)c1ccc(C(=O)N(C)C2(C#N)CCC2)o1)C1(C#N)CCC1. The number of nitrogens with zero attached hydrogens (tertiary/aromatic N) is 4. The lowest BCUT2D eigenvalue weighted by Crippen LogP contribution is -2.53. The Hall–Kier alpha value is -2.80. The van der Waals surface area contributed by atoms with Gasteiger partial charge in [0.1, 0.15) is 11.1 Å². The molecular formula is C18H20N4O3. The van der Waals surface area contributed by atoms with Crippen LogP contribution in [0.5, 0.6) is 0 Å². The molecule has 2 aliphatic rings. The van der Waals surface area contributed by atoms with Gasteiger partial charge in [0.2, 0.25) is 0 Å². The van der Waals surface area contributed by atoms with E-state index in [-0.39, 0.29) is 11.5 Å². The molecule has 0 radical (unpaired) electrons. The van der Waals surface area contributed by atoms with Crippen molar-refractivity contribution in [1.82, 2.24) is 9.80 Å². The summed E-state index contributed by atoms with van der Waals surface area (Å²) < 4.78 is 5.46. The summed E-state index contributed by atoms with van der Waals surface area (Å²) in [6.07, 6.45) is 4.40. The lowest BCUT2D eigenvalue weighted by Gasteiger charge is -2.42. The molecule has 1 aromatic rings. The summed E-state index contributed by atoms with van der Waals surface area (Å²) in [4.78, 5) is 27.9. The van der Waals surface area contributed by atoms with Gasteiger partial charge in [-0.25, -0.2) is 0 Å². The van der Waals surface area contributed by atoms with E-state index in [9.17, 15) is 20.1 Å². The van der Waals surface area contributed by atoms with Crippen molar-refractivity contribution in [3.8, 4) is 12.1 Å². The van der Waals surface area contributed by atoms with Crippen LogP contribution in [-0.2, 0) is 0 Å². The second kappa shape index (κ2) is 5.93. The minimum absolute atomic E-state index is 0.0281. The van der Waals surface area contributed by atoms with Gasteiger partial charge in [-0.3, -0.25) is 9.59 Å². The van der Waals surface area contributed by atoms with E-state index in [1.54, 1.807) is 14.1 Å². The van der Waals surface area contributed by atoms with Gasteiger partial charge in [0, 0.05) is 14.1 Å². The quantitative estimate of drug-likeness (QED) is 0.837. The third-order valence-corrected chi connectivity index (χ3v) is 5.70. The van der Waals surface area contributed by atoms with Crippen LogP contribution in [0.3, 0.4) is 0 Å². The van der Waals surface area contributed by atoms with Gasteiger partial charge >= 0.3 is 0 Å². The molecule has 0 saturated heterocycles. The van der Waals surface area contributed by atoms with Gasteiger partial charge in [0.05, 0.1) is 12.1 Å². The predicted octanol–water partition coefficient (Wildman–Crippen LogP) is 2.32. The first-order chi connectivity index (χ1) is 11.9. The van der Waals surface area contributed by atoms with Crippen LogP contribution in [0.2, 0.25) is 0 Å². The number of hydrogen-bond acceptors (Lipinski definition) is 5. The van der Waals surface area contributed by atoms with Crippen molar-refractivity contribution in [2.24, 2.45) is 0 Å². The average molecular weight is 340 g/mol. The summed E-state index contributed by atoms with van der Waals surface area (Å²) in [5.74, 6) is -0.774. The number of carbonyl (C=O) groups is 2. The van der Waals surface area contributed by atoms with Crippen LogP contribution in [0.4, 0.5) is 0 Å². The molecule has 7 heteroatoms. The Kier molecular flexibility index (Phi) is 4.04. The molecule has 2 saturated carbocycles. The molecule has 2 amide bonds. The molecule has 0 bridgehead atoms. The average Bonchev–Trinajstić information content (AvgIpc) is 3.02. The van der Waals surface area contributed by atoms with Gasteiger partial charge in [-0.2, -0.15) is 10.5 Å². The number of furan rings is 1. The van der Waals surface area contributed by atoms with E-state index in [2.05, 4.69) is 12.1 Å². The number of nitriles is 2. The standard InChI is InChI=1S/C18H20N4O3/c1-21(17(11-19)7-3-8-17)15(23)13-5-6-14(25-13)16(24)22(2)18(12-20)9-4-10-18/h5-6H,3-4,7-10H2,1-2H3. The first kappa shape index (κ1) is 17.0. The molecule has 130 valence electrons. The van der Waals surface area contributed by atoms with E-state index in [1.807, 2.05) is 0 Å². The van der Waals surface area contributed by atoms with Crippen LogP contribution in [0.25, 0.3) is 0 Å². The van der Waals surface area contributed by atoms with Crippen LogP contribution >= 0.6 is 0 Å². The monoisotopic (exact) mass is 340 g/mol. The molecule has 3 rings (SSSR count). The molecule has 0 aliphatic heterocycles. The Morgan fingerprint density at radius 1 is 0.920 bits per heavy atom. The Morgan fingerprint density at radius 3 is 1.52 bits per heavy atom. The second-order valence-corrected chi connectivity index (χ2v) is 6.89. The third kappa shape index (κ3) is 2.47. The minimum Gasteiger partial charge on any atom is -0.446 e. The smallest absolute Gasteiger partial charge is 0.290 e. The molecule has 25 heavy (non-hydrogen) atoms. The third-order valence-electron chi connectivity index (χ3n) is 5.70. The van der Waals surface area contributed by atoms with Gasteiger partial charge in [0.25, 0.3) is 11.8 Å². The molecule has 7 nitrogen and oxygen atoms in total. The van der Waals surface area contributed by atoms with Crippen LogP contribution < -0.4 is 0 Å². The first-order valence-electron chi connectivity index (χ1n) is 8.38. The van der Waals surface area contributed by atoms with Crippen LogP contribution in [0.15, 0.2) is 16.5 Å². The van der Waals surface area contributed by atoms with E-state index in [1.165, 1.54) is 21.9 Å². The zero-order chi connectivity index (χ0) is 18.2. The maximum absolute atomic E-state index is 12.6. The van der Waals surface area contributed by atoms with Crippen molar-refractivity contribution in [3.05, 3.63) is 23.7 Å².